The fraction of sp³-hybridized carbons (Fsp3) is 0.714. The van der Waals surface area contributed by atoms with E-state index in [2.05, 4.69) is 79.7 Å². The molecule has 2 rings (SSSR count). The number of rotatable bonds is 3. The van der Waals surface area contributed by atoms with Crippen LogP contribution < -0.4 is 4.74 Å². The molecule has 2 atom stereocenters. The molecule has 1 fully saturated rings. The van der Waals surface area contributed by atoms with E-state index in [1.54, 1.807) is 7.11 Å². The Kier molecular flexibility index (Phi) is 5.28. The average Bonchev–Trinajstić information content (AvgIpc) is 2.89. The Morgan fingerprint density at radius 3 is 1.88 bits per heavy atom. The topological polar surface area (TPSA) is 18.5 Å². The van der Waals surface area contributed by atoms with Crippen molar-refractivity contribution >= 4 is 8.32 Å². The summed E-state index contributed by atoms with van der Waals surface area (Å²) in [5, 5.41) is 0.444. The van der Waals surface area contributed by atoms with E-state index in [0.29, 0.717) is 11.8 Å². The van der Waals surface area contributed by atoms with Gasteiger partial charge in [0.15, 0.2) is 0 Å². The molecular weight excluding hydrogens is 312 g/mol. The molecule has 2 nitrogen and oxygen atoms in total. The SMILES string of the molecule is COc1ccc([C@H]2O[Si](C(C)(C)C)(C(C)(C)C)C[C@@H]2C(C)C)cc1. The molecule has 0 aromatic heterocycles. The monoisotopic (exact) mass is 348 g/mol. The first-order valence-corrected chi connectivity index (χ1v) is 11.4. The summed E-state index contributed by atoms with van der Waals surface area (Å²) in [7, 11) is -0.243. The molecule has 0 aliphatic carbocycles. The highest BCUT2D eigenvalue weighted by Gasteiger charge is 2.62. The van der Waals surface area contributed by atoms with Gasteiger partial charge in [-0.25, -0.2) is 0 Å². The van der Waals surface area contributed by atoms with Crippen molar-refractivity contribution in [3.63, 3.8) is 0 Å². The summed E-state index contributed by atoms with van der Waals surface area (Å²) in [6.45, 7) is 19.0. The quantitative estimate of drug-likeness (QED) is 0.574. The molecule has 0 N–H and O–H groups in total. The molecule has 0 saturated carbocycles. The fourth-order valence-corrected chi connectivity index (χ4v) is 10.9. The van der Waals surface area contributed by atoms with Crippen molar-refractivity contribution in [3.05, 3.63) is 29.8 Å². The van der Waals surface area contributed by atoms with Gasteiger partial charge in [0.05, 0.1) is 13.2 Å². The maximum absolute atomic E-state index is 7.11. The van der Waals surface area contributed by atoms with E-state index in [4.69, 9.17) is 9.16 Å². The zero-order valence-electron chi connectivity index (χ0n) is 17.1. The van der Waals surface area contributed by atoms with Gasteiger partial charge in [-0.1, -0.05) is 67.5 Å². The average molecular weight is 349 g/mol. The lowest BCUT2D eigenvalue weighted by Gasteiger charge is -2.48. The van der Waals surface area contributed by atoms with Crippen LogP contribution in [0.25, 0.3) is 0 Å². The van der Waals surface area contributed by atoms with Crippen molar-refractivity contribution in [2.45, 2.75) is 77.6 Å². The maximum atomic E-state index is 7.11. The summed E-state index contributed by atoms with van der Waals surface area (Å²) in [6.07, 6.45) is 0.209. The summed E-state index contributed by atoms with van der Waals surface area (Å²) in [6, 6.07) is 9.75. The van der Waals surface area contributed by atoms with Gasteiger partial charge < -0.3 is 9.16 Å². The standard InChI is InChI=1S/C21H36O2Si/c1-15(2)18-14-24(20(3,4)5,21(6,7)8)23-19(18)16-10-12-17(22-9)13-11-16/h10-13,15,18-19H,14H2,1-9H3/t18-,19-/m1/s1. The molecule has 1 aromatic carbocycles. The zero-order valence-corrected chi connectivity index (χ0v) is 18.1. The van der Waals surface area contributed by atoms with E-state index in [-0.39, 0.29) is 16.2 Å². The highest BCUT2D eigenvalue weighted by Crippen LogP contribution is 2.62. The van der Waals surface area contributed by atoms with Crippen molar-refractivity contribution in [1.29, 1.82) is 0 Å². The van der Waals surface area contributed by atoms with Crippen molar-refractivity contribution in [2.75, 3.05) is 7.11 Å². The van der Waals surface area contributed by atoms with Gasteiger partial charge in [-0.05, 0) is 45.7 Å². The Morgan fingerprint density at radius 1 is 1.00 bits per heavy atom. The Balaban J connectivity index is 2.47. The number of hydrogen-bond donors (Lipinski definition) is 0. The lowest BCUT2D eigenvalue weighted by Crippen LogP contribution is -2.51. The predicted octanol–water partition coefficient (Wildman–Crippen LogP) is 6.58. The second-order valence-electron chi connectivity index (χ2n) is 9.75. The molecule has 1 aliphatic rings. The third-order valence-electron chi connectivity index (χ3n) is 5.96. The molecule has 0 unspecified atom stereocenters. The van der Waals surface area contributed by atoms with Crippen LogP contribution in [0.2, 0.25) is 16.1 Å². The number of ether oxygens (including phenoxy) is 1. The second kappa shape index (κ2) is 6.49. The smallest absolute Gasteiger partial charge is 0.204 e. The molecule has 0 radical (unpaired) electrons. The highest BCUT2D eigenvalue weighted by molar-refractivity contribution is 6.80. The van der Waals surface area contributed by atoms with Crippen LogP contribution in [0.1, 0.15) is 67.1 Å². The minimum Gasteiger partial charge on any atom is -0.497 e. The normalized spacial score (nSPS) is 24.4. The lowest BCUT2D eigenvalue weighted by atomic mass is 9.88. The van der Waals surface area contributed by atoms with E-state index in [1.807, 2.05) is 0 Å². The van der Waals surface area contributed by atoms with Crippen LogP contribution in [0.3, 0.4) is 0 Å². The van der Waals surface area contributed by atoms with Crippen LogP contribution in [0.15, 0.2) is 24.3 Å². The summed E-state index contributed by atoms with van der Waals surface area (Å²) in [4.78, 5) is 0. The first-order chi connectivity index (χ1) is 10.9. The van der Waals surface area contributed by atoms with Crippen LogP contribution in [0.5, 0.6) is 5.75 Å². The Morgan fingerprint density at radius 2 is 1.50 bits per heavy atom. The third kappa shape index (κ3) is 3.30. The molecule has 1 aromatic rings. The van der Waals surface area contributed by atoms with Crippen LogP contribution in [0, 0.1) is 11.8 Å². The van der Waals surface area contributed by atoms with Gasteiger partial charge in [0.25, 0.3) is 0 Å². The van der Waals surface area contributed by atoms with Gasteiger partial charge in [-0.15, -0.1) is 0 Å². The van der Waals surface area contributed by atoms with Gasteiger partial charge in [-0.3, -0.25) is 0 Å². The summed E-state index contributed by atoms with van der Waals surface area (Å²) in [5.41, 5.74) is 1.30. The van der Waals surface area contributed by atoms with Crippen LogP contribution in [-0.4, -0.2) is 15.4 Å². The molecular formula is C21H36O2Si. The molecule has 136 valence electrons. The molecule has 1 saturated heterocycles. The molecule has 0 bridgehead atoms. The van der Waals surface area contributed by atoms with Crippen molar-refractivity contribution in [1.82, 2.24) is 0 Å². The molecule has 24 heavy (non-hydrogen) atoms. The first-order valence-electron chi connectivity index (χ1n) is 9.25. The Labute approximate surface area is 150 Å². The molecule has 1 heterocycles. The van der Waals surface area contributed by atoms with Gasteiger partial charge in [0.2, 0.25) is 8.32 Å². The minimum absolute atomic E-state index is 0.209. The van der Waals surface area contributed by atoms with E-state index in [1.165, 1.54) is 11.6 Å². The Hall–Kier alpha value is -0.803. The van der Waals surface area contributed by atoms with Crippen LogP contribution >= 0.6 is 0 Å². The van der Waals surface area contributed by atoms with Crippen molar-refractivity contribution in [3.8, 4) is 5.75 Å². The zero-order chi connectivity index (χ0) is 18.3. The fourth-order valence-electron chi connectivity index (χ4n) is 4.58. The van der Waals surface area contributed by atoms with Crippen LogP contribution in [-0.2, 0) is 4.43 Å². The number of methoxy groups -OCH3 is 1. The van der Waals surface area contributed by atoms with E-state index < -0.39 is 8.32 Å². The highest BCUT2D eigenvalue weighted by atomic mass is 28.4. The summed E-state index contributed by atoms with van der Waals surface area (Å²) >= 11 is 0. The molecule has 3 heteroatoms. The number of hydrogen-bond acceptors (Lipinski definition) is 2. The lowest BCUT2D eigenvalue weighted by molar-refractivity contribution is 0.140. The number of benzene rings is 1. The third-order valence-corrected chi connectivity index (χ3v) is 12.5. The van der Waals surface area contributed by atoms with E-state index in [9.17, 15) is 0 Å². The molecule has 0 amide bonds. The first kappa shape index (κ1) is 19.5. The molecule has 1 aliphatic heterocycles. The van der Waals surface area contributed by atoms with E-state index >= 15 is 0 Å². The predicted molar refractivity (Wildman–Crippen MR) is 105 cm³/mol. The van der Waals surface area contributed by atoms with Gasteiger partial charge in [-0.2, -0.15) is 0 Å². The Bertz CT molecular complexity index is 535. The van der Waals surface area contributed by atoms with E-state index in [0.717, 1.165) is 5.75 Å². The van der Waals surface area contributed by atoms with Gasteiger partial charge in [0, 0.05) is 0 Å². The maximum Gasteiger partial charge on any atom is 0.204 e. The van der Waals surface area contributed by atoms with Crippen molar-refractivity contribution < 1.29 is 9.16 Å². The largest absolute Gasteiger partial charge is 0.497 e. The van der Waals surface area contributed by atoms with Gasteiger partial charge >= 0.3 is 0 Å². The summed E-state index contributed by atoms with van der Waals surface area (Å²) in [5.74, 6) is 2.12. The van der Waals surface area contributed by atoms with Crippen LogP contribution in [0.4, 0.5) is 0 Å². The summed E-state index contributed by atoms with van der Waals surface area (Å²) < 4.78 is 12.4. The van der Waals surface area contributed by atoms with Crippen molar-refractivity contribution in [2.24, 2.45) is 11.8 Å². The van der Waals surface area contributed by atoms with Gasteiger partial charge in [0.1, 0.15) is 5.75 Å². The molecule has 0 spiro atoms. The second-order valence-corrected chi connectivity index (χ2v) is 15.0. The minimum atomic E-state index is -1.96.